The quantitative estimate of drug-likeness (QED) is 0.448. The highest BCUT2D eigenvalue weighted by molar-refractivity contribution is 7.16. The highest BCUT2D eigenvalue weighted by Crippen LogP contribution is 2.23. The van der Waals surface area contributed by atoms with Gasteiger partial charge in [0.1, 0.15) is 0 Å². The molecule has 28 heavy (non-hydrogen) atoms. The van der Waals surface area contributed by atoms with Crippen molar-refractivity contribution in [1.29, 1.82) is 0 Å². The van der Waals surface area contributed by atoms with Crippen molar-refractivity contribution >= 4 is 56.6 Å². The first-order chi connectivity index (χ1) is 13.4. The van der Waals surface area contributed by atoms with Crippen LogP contribution < -0.4 is 4.80 Å². The van der Waals surface area contributed by atoms with E-state index in [1.54, 1.807) is 41.8 Å². The van der Waals surface area contributed by atoms with Gasteiger partial charge in [0.15, 0.2) is 4.80 Å². The number of fused-ring (bicyclic) bond motifs is 1. The number of ether oxygens (including phenoxy) is 1. The van der Waals surface area contributed by atoms with Crippen molar-refractivity contribution < 1.29 is 14.3 Å². The molecule has 142 valence electrons. The van der Waals surface area contributed by atoms with E-state index in [-0.39, 0.29) is 23.7 Å². The van der Waals surface area contributed by atoms with Crippen LogP contribution in [0, 0.1) is 12.3 Å². The van der Waals surface area contributed by atoms with Crippen LogP contribution in [0.15, 0.2) is 41.4 Å². The maximum absolute atomic E-state index is 12.6. The topological polar surface area (TPSA) is 60.7 Å². The molecule has 0 saturated carbocycles. The normalized spacial score (nSPS) is 11.4. The minimum absolute atomic E-state index is 0.200. The Labute approximate surface area is 175 Å². The first-order valence-electron chi connectivity index (χ1n) is 8.22. The molecule has 0 unspecified atom stereocenters. The summed E-state index contributed by atoms with van der Waals surface area (Å²) in [6.07, 6.45) is 5.48. The Balaban J connectivity index is 2.13. The van der Waals surface area contributed by atoms with Crippen LogP contribution in [0.25, 0.3) is 10.2 Å². The summed E-state index contributed by atoms with van der Waals surface area (Å²) in [7, 11) is 0. The molecule has 0 aliphatic heterocycles. The minimum atomic E-state index is -0.532. The molecule has 5 nitrogen and oxygen atoms in total. The number of aromatic nitrogens is 1. The molecule has 1 aromatic heterocycles. The lowest BCUT2D eigenvalue weighted by Crippen LogP contribution is -2.16. The number of hydrogen-bond donors (Lipinski definition) is 0. The first-order valence-corrected chi connectivity index (χ1v) is 9.80. The third-order valence-electron chi connectivity index (χ3n) is 3.80. The summed E-state index contributed by atoms with van der Waals surface area (Å²) in [5.41, 5.74) is 1.38. The first kappa shape index (κ1) is 20.2. The second kappa shape index (κ2) is 8.61. The molecule has 0 radical (unpaired) electrons. The number of amides is 1. The van der Waals surface area contributed by atoms with Gasteiger partial charge in [-0.1, -0.05) is 40.5 Å². The van der Waals surface area contributed by atoms with Crippen LogP contribution in [0.5, 0.6) is 0 Å². The zero-order valence-electron chi connectivity index (χ0n) is 14.7. The number of esters is 1. The number of terminal acetylenes is 1. The standard InChI is InChI=1S/C20H14Cl2N2O3S/c1-3-9-24-16-8-5-12(19(26)27-4-2)10-17(16)28-20(24)23-18(25)14-11-13(21)6-7-15(14)22/h1,5-8,10-11H,4,9H2,2H3. The van der Waals surface area contributed by atoms with Gasteiger partial charge in [0.25, 0.3) is 5.91 Å². The van der Waals surface area contributed by atoms with Crippen molar-refractivity contribution in [2.45, 2.75) is 13.5 Å². The predicted octanol–water partition coefficient (Wildman–Crippen LogP) is 4.56. The summed E-state index contributed by atoms with van der Waals surface area (Å²) >= 11 is 13.3. The summed E-state index contributed by atoms with van der Waals surface area (Å²) in [6, 6.07) is 9.70. The molecule has 0 N–H and O–H groups in total. The van der Waals surface area contributed by atoms with Crippen LogP contribution in [-0.2, 0) is 11.3 Å². The molecule has 0 saturated heterocycles. The molecular formula is C20H14Cl2N2O3S. The van der Waals surface area contributed by atoms with Crippen LogP contribution in [0.4, 0.5) is 0 Å². The number of carbonyl (C=O) groups is 2. The van der Waals surface area contributed by atoms with Gasteiger partial charge in [-0.3, -0.25) is 4.79 Å². The fraction of sp³-hybridized carbons (Fsp3) is 0.150. The highest BCUT2D eigenvalue weighted by Gasteiger charge is 2.14. The molecule has 1 amide bonds. The van der Waals surface area contributed by atoms with Crippen LogP contribution >= 0.6 is 34.5 Å². The van der Waals surface area contributed by atoms with Crippen molar-refractivity contribution in [3.05, 3.63) is 62.4 Å². The lowest BCUT2D eigenvalue weighted by atomic mass is 10.2. The average molecular weight is 433 g/mol. The van der Waals surface area contributed by atoms with Gasteiger partial charge in [-0.25, -0.2) is 4.79 Å². The summed E-state index contributed by atoms with van der Waals surface area (Å²) in [6.45, 7) is 2.24. The van der Waals surface area contributed by atoms with E-state index in [1.807, 2.05) is 0 Å². The number of carbonyl (C=O) groups excluding carboxylic acids is 2. The van der Waals surface area contributed by atoms with Gasteiger partial charge in [-0.2, -0.15) is 4.99 Å². The van der Waals surface area contributed by atoms with E-state index in [0.717, 1.165) is 10.2 Å². The number of hydrogen-bond acceptors (Lipinski definition) is 4. The van der Waals surface area contributed by atoms with Gasteiger partial charge in [0.05, 0.1) is 39.5 Å². The highest BCUT2D eigenvalue weighted by atomic mass is 35.5. The van der Waals surface area contributed by atoms with E-state index in [0.29, 0.717) is 15.4 Å². The minimum Gasteiger partial charge on any atom is -0.462 e. The summed E-state index contributed by atoms with van der Waals surface area (Å²) in [5.74, 6) is 1.61. The average Bonchev–Trinajstić information content (AvgIpc) is 3.00. The maximum atomic E-state index is 12.6. The van der Waals surface area contributed by atoms with Crippen molar-refractivity contribution in [2.24, 2.45) is 4.99 Å². The summed E-state index contributed by atoms with van der Waals surface area (Å²) < 4.78 is 7.51. The van der Waals surface area contributed by atoms with Gasteiger partial charge in [0, 0.05) is 5.02 Å². The summed E-state index contributed by atoms with van der Waals surface area (Å²) in [5, 5.41) is 0.641. The second-order valence-electron chi connectivity index (χ2n) is 5.62. The zero-order chi connectivity index (χ0) is 20.3. The Bertz CT molecular complexity index is 1190. The van der Waals surface area contributed by atoms with Crippen molar-refractivity contribution in [2.75, 3.05) is 6.61 Å². The van der Waals surface area contributed by atoms with E-state index in [9.17, 15) is 9.59 Å². The van der Waals surface area contributed by atoms with Gasteiger partial charge in [0.2, 0.25) is 0 Å². The van der Waals surface area contributed by atoms with E-state index >= 15 is 0 Å². The molecule has 1 heterocycles. The molecule has 0 bridgehead atoms. The Morgan fingerprint density at radius 2 is 2.04 bits per heavy atom. The van der Waals surface area contributed by atoms with Crippen LogP contribution in [0.2, 0.25) is 10.0 Å². The van der Waals surface area contributed by atoms with Crippen molar-refractivity contribution in [1.82, 2.24) is 4.57 Å². The molecule has 8 heteroatoms. The Kier molecular flexibility index (Phi) is 6.20. The molecule has 0 aliphatic rings. The molecule has 0 aliphatic carbocycles. The van der Waals surface area contributed by atoms with Crippen LogP contribution in [0.3, 0.4) is 0 Å². The van der Waals surface area contributed by atoms with E-state index in [2.05, 4.69) is 10.9 Å². The van der Waals surface area contributed by atoms with Crippen LogP contribution in [-0.4, -0.2) is 23.1 Å². The molecular weight excluding hydrogens is 419 g/mol. The number of rotatable bonds is 4. The van der Waals surface area contributed by atoms with E-state index in [4.69, 9.17) is 34.4 Å². The fourth-order valence-corrected chi connectivity index (χ4v) is 3.99. The number of benzene rings is 2. The SMILES string of the molecule is C#CCn1c(=NC(=O)c2cc(Cl)ccc2Cl)sc2cc(C(=O)OCC)ccc21. The van der Waals surface area contributed by atoms with Gasteiger partial charge in [-0.15, -0.1) is 6.42 Å². The molecule has 0 fully saturated rings. The third kappa shape index (κ3) is 4.12. The third-order valence-corrected chi connectivity index (χ3v) is 5.41. The monoisotopic (exact) mass is 432 g/mol. The van der Waals surface area contributed by atoms with Crippen LogP contribution in [0.1, 0.15) is 27.6 Å². The van der Waals surface area contributed by atoms with E-state index in [1.165, 1.54) is 17.4 Å². The number of nitrogens with zero attached hydrogens (tertiary/aromatic N) is 2. The van der Waals surface area contributed by atoms with Crippen molar-refractivity contribution in [3.63, 3.8) is 0 Å². The Hall–Kier alpha value is -2.59. The fourth-order valence-electron chi connectivity index (χ4n) is 2.55. The molecule has 0 atom stereocenters. The Morgan fingerprint density at radius 1 is 1.25 bits per heavy atom. The largest absolute Gasteiger partial charge is 0.462 e. The molecule has 0 spiro atoms. The maximum Gasteiger partial charge on any atom is 0.338 e. The number of thiazole rings is 1. The van der Waals surface area contributed by atoms with Crippen molar-refractivity contribution in [3.8, 4) is 12.3 Å². The second-order valence-corrected chi connectivity index (χ2v) is 7.47. The van der Waals surface area contributed by atoms with Gasteiger partial charge in [-0.05, 0) is 43.3 Å². The van der Waals surface area contributed by atoms with Gasteiger partial charge >= 0.3 is 5.97 Å². The lowest BCUT2D eigenvalue weighted by Gasteiger charge is -2.03. The smallest absolute Gasteiger partial charge is 0.338 e. The Morgan fingerprint density at radius 3 is 2.75 bits per heavy atom. The number of halogens is 2. The summed E-state index contributed by atoms with van der Waals surface area (Å²) in [4.78, 5) is 29.2. The van der Waals surface area contributed by atoms with E-state index < -0.39 is 11.9 Å². The predicted molar refractivity (Wildman–Crippen MR) is 111 cm³/mol. The zero-order valence-corrected chi connectivity index (χ0v) is 17.1. The van der Waals surface area contributed by atoms with Gasteiger partial charge < -0.3 is 9.30 Å². The molecule has 3 rings (SSSR count). The molecule has 2 aromatic carbocycles. The molecule has 3 aromatic rings. The lowest BCUT2D eigenvalue weighted by molar-refractivity contribution is 0.0526.